The summed E-state index contributed by atoms with van der Waals surface area (Å²) in [6.07, 6.45) is 1.06. The Kier molecular flexibility index (Phi) is 3.29. The van der Waals surface area contributed by atoms with Gasteiger partial charge in [0.2, 0.25) is 0 Å². The zero-order chi connectivity index (χ0) is 13.9. The molecule has 0 fully saturated rings. The molecule has 102 valence electrons. The Labute approximate surface area is 117 Å². The van der Waals surface area contributed by atoms with E-state index in [0.717, 1.165) is 17.5 Å². The lowest BCUT2D eigenvalue weighted by Gasteiger charge is -2.03. The molecular formula is C16H17N3O. The van der Waals surface area contributed by atoms with E-state index >= 15 is 0 Å². The standard InChI is InChI=1S/C16H17N3O/c1-2-11-3-5-12(6-4-11)10-18-16-19-14-9-13(17)7-8-15(14)20-16/h3-9H,2,10,17H2,1H3,(H,18,19). The van der Waals surface area contributed by atoms with Gasteiger partial charge in [0.25, 0.3) is 6.01 Å². The number of nitrogens with two attached hydrogens (primary N) is 1. The van der Waals surface area contributed by atoms with Crippen molar-refractivity contribution in [2.45, 2.75) is 19.9 Å². The third kappa shape index (κ3) is 2.59. The molecule has 0 radical (unpaired) electrons. The van der Waals surface area contributed by atoms with Gasteiger partial charge >= 0.3 is 0 Å². The fraction of sp³-hybridized carbons (Fsp3) is 0.188. The van der Waals surface area contributed by atoms with Gasteiger partial charge in [0.05, 0.1) is 0 Å². The summed E-state index contributed by atoms with van der Waals surface area (Å²) in [5.41, 5.74) is 10.5. The van der Waals surface area contributed by atoms with Gasteiger partial charge < -0.3 is 15.5 Å². The second-order valence-electron chi connectivity index (χ2n) is 4.77. The number of fused-ring (bicyclic) bond motifs is 1. The van der Waals surface area contributed by atoms with Crippen LogP contribution in [0.5, 0.6) is 0 Å². The molecule has 2 aromatic carbocycles. The number of nitrogen functional groups attached to an aromatic ring is 1. The van der Waals surface area contributed by atoms with Gasteiger partial charge in [-0.15, -0.1) is 0 Å². The van der Waals surface area contributed by atoms with E-state index in [9.17, 15) is 0 Å². The fourth-order valence-corrected chi connectivity index (χ4v) is 2.09. The van der Waals surface area contributed by atoms with E-state index in [4.69, 9.17) is 10.2 Å². The Morgan fingerprint density at radius 2 is 1.85 bits per heavy atom. The maximum Gasteiger partial charge on any atom is 0.295 e. The summed E-state index contributed by atoms with van der Waals surface area (Å²) in [5, 5.41) is 3.19. The quantitative estimate of drug-likeness (QED) is 0.709. The van der Waals surface area contributed by atoms with Crippen LogP contribution in [-0.4, -0.2) is 4.98 Å². The lowest BCUT2D eigenvalue weighted by Crippen LogP contribution is -1.99. The van der Waals surface area contributed by atoms with Crippen molar-refractivity contribution in [1.29, 1.82) is 0 Å². The van der Waals surface area contributed by atoms with Crippen LogP contribution in [0.15, 0.2) is 46.9 Å². The highest BCUT2D eigenvalue weighted by molar-refractivity contribution is 5.78. The maximum atomic E-state index is 5.72. The van der Waals surface area contributed by atoms with Gasteiger partial charge in [0.1, 0.15) is 5.52 Å². The summed E-state index contributed by atoms with van der Waals surface area (Å²) in [6.45, 7) is 2.84. The number of nitrogens with one attached hydrogen (secondary N) is 1. The second-order valence-corrected chi connectivity index (χ2v) is 4.77. The van der Waals surface area contributed by atoms with E-state index in [0.29, 0.717) is 18.2 Å². The Morgan fingerprint density at radius 3 is 2.60 bits per heavy atom. The molecule has 3 aromatic rings. The van der Waals surface area contributed by atoms with Crippen molar-refractivity contribution in [3.05, 3.63) is 53.6 Å². The number of aromatic nitrogens is 1. The number of anilines is 2. The third-order valence-corrected chi connectivity index (χ3v) is 3.29. The van der Waals surface area contributed by atoms with Crippen molar-refractivity contribution < 1.29 is 4.42 Å². The van der Waals surface area contributed by atoms with Crippen LogP contribution < -0.4 is 11.1 Å². The van der Waals surface area contributed by atoms with Crippen molar-refractivity contribution in [3.63, 3.8) is 0 Å². The highest BCUT2D eigenvalue weighted by atomic mass is 16.4. The molecular weight excluding hydrogens is 250 g/mol. The molecule has 3 rings (SSSR count). The summed E-state index contributed by atoms with van der Waals surface area (Å²) in [7, 11) is 0. The molecule has 0 amide bonds. The molecule has 0 saturated heterocycles. The van der Waals surface area contributed by atoms with E-state index < -0.39 is 0 Å². The average Bonchev–Trinajstić information content (AvgIpc) is 2.87. The highest BCUT2D eigenvalue weighted by Crippen LogP contribution is 2.21. The number of rotatable bonds is 4. The Bertz CT molecular complexity index is 716. The van der Waals surface area contributed by atoms with Crippen LogP contribution in [-0.2, 0) is 13.0 Å². The minimum atomic E-state index is 0.519. The second kappa shape index (κ2) is 5.25. The Morgan fingerprint density at radius 1 is 1.10 bits per heavy atom. The Balaban J connectivity index is 1.72. The number of nitrogens with zero attached hydrogens (tertiary/aromatic N) is 1. The van der Waals surface area contributed by atoms with Gasteiger partial charge in [-0.05, 0) is 35.7 Å². The zero-order valence-corrected chi connectivity index (χ0v) is 11.4. The fourth-order valence-electron chi connectivity index (χ4n) is 2.09. The van der Waals surface area contributed by atoms with Crippen LogP contribution in [0.2, 0.25) is 0 Å². The third-order valence-electron chi connectivity index (χ3n) is 3.29. The monoisotopic (exact) mass is 267 g/mol. The first-order valence-corrected chi connectivity index (χ1v) is 6.72. The SMILES string of the molecule is CCc1ccc(CNc2nc3cc(N)ccc3o2)cc1. The molecule has 3 N–H and O–H groups in total. The van der Waals surface area contributed by atoms with Crippen LogP contribution >= 0.6 is 0 Å². The van der Waals surface area contributed by atoms with Crippen LogP contribution in [0.1, 0.15) is 18.1 Å². The lowest BCUT2D eigenvalue weighted by atomic mass is 10.1. The highest BCUT2D eigenvalue weighted by Gasteiger charge is 2.05. The molecule has 0 aliphatic rings. The summed E-state index contributed by atoms with van der Waals surface area (Å²) >= 11 is 0. The van der Waals surface area contributed by atoms with Crippen molar-refractivity contribution >= 4 is 22.8 Å². The number of hydrogen-bond acceptors (Lipinski definition) is 4. The van der Waals surface area contributed by atoms with E-state index in [2.05, 4.69) is 41.5 Å². The largest absolute Gasteiger partial charge is 0.424 e. The van der Waals surface area contributed by atoms with Gasteiger partial charge in [-0.3, -0.25) is 0 Å². The predicted molar refractivity (Wildman–Crippen MR) is 81.6 cm³/mol. The number of benzene rings is 2. The topological polar surface area (TPSA) is 64.1 Å². The van der Waals surface area contributed by atoms with E-state index in [1.54, 1.807) is 12.1 Å². The van der Waals surface area contributed by atoms with E-state index in [1.165, 1.54) is 11.1 Å². The summed E-state index contributed by atoms with van der Waals surface area (Å²) in [4.78, 5) is 4.36. The molecule has 20 heavy (non-hydrogen) atoms. The first kappa shape index (κ1) is 12.5. The van der Waals surface area contributed by atoms with E-state index in [1.807, 2.05) is 6.07 Å². The molecule has 0 saturated carbocycles. The normalized spacial score (nSPS) is 10.8. The van der Waals surface area contributed by atoms with Gasteiger partial charge in [0.15, 0.2) is 5.58 Å². The van der Waals surface area contributed by atoms with E-state index in [-0.39, 0.29) is 0 Å². The number of hydrogen-bond donors (Lipinski definition) is 2. The first-order chi connectivity index (χ1) is 9.74. The molecule has 0 spiro atoms. The minimum absolute atomic E-state index is 0.519. The molecule has 4 nitrogen and oxygen atoms in total. The molecule has 1 aromatic heterocycles. The van der Waals surface area contributed by atoms with Crippen LogP contribution in [0.4, 0.5) is 11.7 Å². The molecule has 4 heteroatoms. The van der Waals surface area contributed by atoms with Crippen molar-refractivity contribution in [3.8, 4) is 0 Å². The van der Waals surface area contributed by atoms with Crippen molar-refractivity contribution in [1.82, 2.24) is 4.98 Å². The van der Waals surface area contributed by atoms with Crippen LogP contribution in [0.3, 0.4) is 0 Å². The smallest absolute Gasteiger partial charge is 0.295 e. The van der Waals surface area contributed by atoms with Crippen LogP contribution in [0.25, 0.3) is 11.1 Å². The van der Waals surface area contributed by atoms with Crippen molar-refractivity contribution in [2.75, 3.05) is 11.1 Å². The van der Waals surface area contributed by atoms with Crippen LogP contribution in [0, 0.1) is 0 Å². The maximum absolute atomic E-state index is 5.72. The molecule has 1 heterocycles. The molecule has 0 aliphatic heterocycles. The Hall–Kier alpha value is -2.49. The first-order valence-electron chi connectivity index (χ1n) is 6.72. The summed E-state index contributed by atoms with van der Waals surface area (Å²) in [5.74, 6) is 0. The molecule has 0 atom stereocenters. The summed E-state index contributed by atoms with van der Waals surface area (Å²) in [6, 6.07) is 14.5. The minimum Gasteiger partial charge on any atom is -0.424 e. The van der Waals surface area contributed by atoms with Gasteiger partial charge in [-0.1, -0.05) is 31.2 Å². The van der Waals surface area contributed by atoms with Crippen molar-refractivity contribution in [2.24, 2.45) is 0 Å². The van der Waals surface area contributed by atoms with Gasteiger partial charge in [-0.2, -0.15) is 4.98 Å². The molecule has 0 unspecified atom stereocenters. The van der Waals surface area contributed by atoms with Gasteiger partial charge in [-0.25, -0.2) is 0 Å². The summed E-state index contributed by atoms with van der Waals surface area (Å²) < 4.78 is 5.61. The number of aryl methyl sites for hydroxylation is 1. The predicted octanol–water partition coefficient (Wildman–Crippen LogP) is 3.58. The van der Waals surface area contributed by atoms with Gasteiger partial charge in [0, 0.05) is 12.2 Å². The number of oxazole rings is 1. The molecule has 0 bridgehead atoms. The lowest BCUT2D eigenvalue weighted by molar-refractivity contribution is 0.614. The average molecular weight is 267 g/mol. The zero-order valence-electron chi connectivity index (χ0n) is 11.4. The molecule has 0 aliphatic carbocycles.